The Hall–Kier alpha value is -1.36. The lowest BCUT2D eigenvalue weighted by atomic mass is 10.2. The molecule has 0 aromatic heterocycles. The Bertz CT molecular complexity index is 420. The van der Waals surface area contributed by atoms with Gasteiger partial charge < -0.3 is 10.6 Å². The molecule has 18 heavy (non-hydrogen) atoms. The number of aliphatic imine (C=N–C) groups is 1. The van der Waals surface area contributed by atoms with Crippen LogP contribution in [0.3, 0.4) is 0 Å². The largest absolute Gasteiger partial charge is 0.356 e. The summed E-state index contributed by atoms with van der Waals surface area (Å²) in [6.45, 7) is 2.55. The van der Waals surface area contributed by atoms with Crippen molar-refractivity contribution in [1.29, 1.82) is 0 Å². The van der Waals surface area contributed by atoms with Crippen LogP contribution in [0.25, 0.3) is 0 Å². The second-order valence-electron chi connectivity index (χ2n) is 4.21. The first-order chi connectivity index (χ1) is 8.84. The quantitative estimate of drug-likeness (QED) is 0.831. The Kier molecular flexibility index (Phi) is 5.20. The van der Waals surface area contributed by atoms with Crippen molar-refractivity contribution in [2.45, 2.75) is 12.2 Å². The van der Waals surface area contributed by atoms with Gasteiger partial charge in [-0.2, -0.15) is 0 Å². The van der Waals surface area contributed by atoms with E-state index in [4.69, 9.17) is 0 Å². The second-order valence-corrected chi connectivity index (χ2v) is 5.79. The molecule has 2 rings (SSSR count). The van der Waals surface area contributed by atoms with E-state index in [-0.39, 0.29) is 0 Å². The molecule has 1 heterocycles. The van der Waals surface area contributed by atoms with Crippen molar-refractivity contribution in [3.63, 3.8) is 0 Å². The van der Waals surface area contributed by atoms with Crippen LogP contribution in [0.4, 0.5) is 0 Å². The van der Waals surface area contributed by atoms with Gasteiger partial charge >= 0.3 is 0 Å². The molecule has 2 N–H and O–H groups in total. The first-order valence-corrected chi connectivity index (χ1v) is 7.74. The summed E-state index contributed by atoms with van der Waals surface area (Å²) < 4.78 is 11.9. The van der Waals surface area contributed by atoms with Crippen LogP contribution in [0, 0.1) is 0 Å². The molecule has 1 aliphatic rings. The van der Waals surface area contributed by atoms with Crippen LogP contribution in [0.2, 0.25) is 0 Å². The Morgan fingerprint density at radius 3 is 2.89 bits per heavy atom. The van der Waals surface area contributed by atoms with Crippen LogP contribution in [0.15, 0.2) is 35.3 Å². The number of rotatable bonds is 5. The Morgan fingerprint density at radius 1 is 1.33 bits per heavy atom. The number of hydrogen-bond acceptors (Lipinski definition) is 4. The lowest BCUT2D eigenvalue weighted by Gasteiger charge is -2.15. The summed E-state index contributed by atoms with van der Waals surface area (Å²) in [5.41, 5.74) is 1.13. The standard InChI is InChI=1S/C13H19N3OS/c17-18(11-12-5-2-1-3-6-12)10-9-16-13-14-7-4-8-15-13/h1-3,5-6H,4,7-11H2,(H2,14,15,16). The maximum Gasteiger partial charge on any atom is 0.191 e. The fourth-order valence-electron chi connectivity index (χ4n) is 1.77. The van der Waals surface area contributed by atoms with E-state index in [1.165, 1.54) is 0 Å². The third-order valence-electron chi connectivity index (χ3n) is 2.69. The van der Waals surface area contributed by atoms with E-state index in [1.807, 2.05) is 30.3 Å². The zero-order valence-corrected chi connectivity index (χ0v) is 11.2. The maximum absolute atomic E-state index is 11.9. The lowest BCUT2D eigenvalue weighted by Crippen LogP contribution is -2.42. The van der Waals surface area contributed by atoms with E-state index in [0.717, 1.165) is 31.0 Å². The summed E-state index contributed by atoms with van der Waals surface area (Å²) in [6, 6.07) is 9.95. The van der Waals surface area contributed by atoms with Gasteiger partial charge in [0.15, 0.2) is 5.96 Å². The summed E-state index contributed by atoms with van der Waals surface area (Å²) in [6.07, 6.45) is 1.09. The van der Waals surface area contributed by atoms with Gasteiger partial charge in [0.05, 0.1) is 0 Å². The molecule has 98 valence electrons. The van der Waals surface area contributed by atoms with Gasteiger partial charge in [-0.15, -0.1) is 0 Å². The maximum atomic E-state index is 11.9. The van der Waals surface area contributed by atoms with Gasteiger partial charge in [0.2, 0.25) is 0 Å². The zero-order valence-electron chi connectivity index (χ0n) is 10.4. The Balaban J connectivity index is 1.67. The van der Waals surface area contributed by atoms with E-state index >= 15 is 0 Å². The normalized spacial score (nSPS) is 16.6. The molecule has 5 heteroatoms. The van der Waals surface area contributed by atoms with Crippen LogP contribution in [-0.2, 0) is 16.6 Å². The molecule has 1 unspecified atom stereocenters. The lowest BCUT2D eigenvalue weighted by molar-refractivity contribution is 0.678. The third kappa shape index (κ3) is 4.49. The average molecular weight is 265 g/mol. The first kappa shape index (κ1) is 13.1. The van der Waals surface area contributed by atoms with Gasteiger partial charge in [0.25, 0.3) is 0 Å². The van der Waals surface area contributed by atoms with Crippen molar-refractivity contribution in [2.24, 2.45) is 4.99 Å². The fraction of sp³-hybridized carbons (Fsp3) is 0.462. The molecular weight excluding hydrogens is 246 g/mol. The van der Waals surface area contributed by atoms with Gasteiger partial charge in [0.1, 0.15) is 0 Å². The highest BCUT2D eigenvalue weighted by Gasteiger charge is 2.04. The van der Waals surface area contributed by atoms with Crippen molar-refractivity contribution < 1.29 is 4.21 Å². The number of nitrogens with one attached hydrogen (secondary N) is 2. The van der Waals surface area contributed by atoms with Gasteiger partial charge in [-0.1, -0.05) is 30.3 Å². The second kappa shape index (κ2) is 7.16. The van der Waals surface area contributed by atoms with Crippen LogP contribution >= 0.6 is 0 Å². The fourth-order valence-corrected chi connectivity index (χ4v) is 2.80. The molecule has 0 bridgehead atoms. The van der Waals surface area contributed by atoms with Gasteiger partial charge in [-0.3, -0.25) is 9.20 Å². The van der Waals surface area contributed by atoms with Crippen LogP contribution < -0.4 is 10.6 Å². The molecule has 1 aromatic rings. The molecule has 0 spiro atoms. The zero-order chi connectivity index (χ0) is 12.6. The smallest absolute Gasteiger partial charge is 0.191 e. The molecule has 1 aromatic carbocycles. The highest BCUT2D eigenvalue weighted by Crippen LogP contribution is 2.02. The summed E-state index contributed by atoms with van der Waals surface area (Å²) in [7, 11) is -0.821. The predicted molar refractivity (Wildman–Crippen MR) is 76.1 cm³/mol. The number of nitrogens with zero attached hydrogens (tertiary/aromatic N) is 1. The van der Waals surface area contributed by atoms with Crippen molar-refractivity contribution in [3.8, 4) is 0 Å². The van der Waals surface area contributed by atoms with E-state index in [9.17, 15) is 4.21 Å². The highest BCUT2D eigenvalue weighted by atomic mass is 32.2. The molecule has 1 atom stereocenters. The van der Waals surface area contributed by atoms with E-state index in [0.29, 0.717) is 18.1 Å². The SMILES string of the molecule is O=S(CCNC1=NCCCN1)Cc1ccccc1. The molecule has 0 radical (unpaired) electrons. The average Bonchev–Trinajstić information content (AvgIpc) is 2.41. The molecule has 4 nitrogen and oxygen atoms in total. The Morgan fingerprint density at radius 2 is 2.17 bits per heavy atom. The van der Waals surface area contributed by atoms with E-state index < -0.39 is 10.8 Å². The third-order valence-corrected chi connectivity index (χ3v) is 4.00. The van der Waals surface area contributed by atoms with Crippen molar-refractivity contribution in [3.05, 3.63) is 35.9 Å². The summed E-state index contributed by atoms with van der Waals surface area (Å²) in [4.78, 5) is 4.31. The molecule has 0 fully saturated rings. The minimum Gasteiger partial charge on any atom is -0.356 e. The molecule has 1 aliphatic heterocycles. The van der Waals surface area contributed by atoms with Crippen LogP contribution in [0.1, 0.15) is 12.0 Å². The Labute approximate surface area is 110 Å². The van der Waals surface area contributed by atoms with Gasteiger partial charge in [-0.05, 0) is 12.0 Å². The van der Waals surface area contributed by atoms with Crippen molar-refractivity contribution in [2.75, 3.05) is 25.4 Å². The van der Waals surface area contributed by atoms with Crippen molar-refractivity contribution >= 4 is 16.8 Å². The summed E-state index contributed by atoms with van der Waals surface area (Å²) >= 11 is 0. The minimum atomic E-state index is -0.821. The number of benzene rings is 1. The van der Waals surface area contributed by atoms with Crippen molar-refractivity contribution in [1.82, 2.24) is 10.6 Å². The molecule has 0 saturated carbocycles. The summed E-state index contributed by atoms with van der Waals surface area (Å²) in [5.74, 6) is 2.12. The number of hydrogen-bond donors (Lipinski definition) is 2. The van der Waals surface area contributed by atoms with Gasteiger partial charge in [0, 0.05) is 41.9 Å². The predicted octanol–water partition coefficient (Wildman–Crippen LogP) is 0.874. The molecule has 0 amide bonds. The molecule has 0 aliphatic carbocycles. The first-order valence-electron chi connectivity index (χ1n) is 6.26. The minimum absolute atomic E-state index is 0.627. The van der Waals surface area contributed by atoms with Gasteiger partial charge in [-0.25, -0.2) is 0 Å². The monoisotopic (exact) mass is 265 g/mol. The van der Waals surface area contributed by atoms with E-state index in [1.54, 1.807) is 0 Å². The highest BCUT2D eigenvalue weighted by molar-refractivity contribution is 7.84. The summed E-state index contributed by atoms with van der Waals surface area (Å²) in [5, 5.41) is 6.37. The van der Waals surface area contributed by atoms with Crippen LogP contribution in [-0.4, -0.2) is 35.6 Å². The molecular formula is C13H19N3OS. The number of guanidine groups is 1. The van der Waals surface area contributed by atoms with E-state index in [2.05, 4.69) is 15.6 Å². The topological polar surface area (TPSA) is 53.5 Å². The van der Waals surface area contributed by atoms with Crippen LogP contribution in [0.5, 0.6) is 0 Å². The molecule has 0 saturated heterocycles.